The Kier molecular flexibility index (Phi) is 4.76. The summed E-state index contributed by atoms with van der Waals surface area (Å²) in [5.74, 6) is -1.11. The second-order valence-corrected chi connectivity index (χ2v) is 4.65. The fourth-order valence-electron chi connectivity index (χ4n) is 1.95. The summed E-state index contributed by atoms with van der Waals surface area (Å²) in [6, 6.07) is 5.73. The predicted molar refractivity (Wildman–Crippen MR) is 67.3 cm³/mol. The molecule has 1 unspecified atom stereocenters. The summed E-state index contributed by atoms with van der Waals surface area (Å²) < 4.78 is 9.72. The Balaban J connectivity index is 1.97. The number of aliphatic hydroxyl groups is 4. The predicted octanol–water partition coefficient (Wildman–Crippen LogP) is -1.65. The molecule has 2 rings (SSSR count). The van der Waals surface area contributed by atoms with Crippen molar-refractivity contribution in [2.45, 2.75) is 30.7 Å². The summed E-state index contributed by atoms with van der Waals surface area (Å²) in [6.45, 7) is -0.463. The summed E-state index contributed by atoms with van der Waals surface area (Å²) in [5.41, 5.74) is -0.0658. The number of phenolic OH excluding ortho intramolecular Hbond substituents is 1. The molecule has 1 heterocycles. The number of ether oxygens (including phenoxy) is 2. The highest BCUT2D eigenvalue weighted by Crippen LogP contribution is 2.21. The molecule has 21 heavy (non-hydrogen) atoms. The average molecular weight is 300 g/mol. The molecule has 5 N–H and O–H groups in total. The Morgan fingerprint density at radius 3 is 2.43 bits per heavy atom. The van der Waals surface area contributed by atoms with Crippen LogP contribution in [0.25, 0.3) is 0 Å². The minimum atomic E-state index is -1.70. The van der Waals surface area contributed by atoms with Gasteiger partial charge in [-0.15, -0.1) is 0 Å². The van der Waals surface area contributed by atoms with Gasteiger partial charge >= 0.3 is 5.97 Å². The first kappa shape index (κ1) is 15.7. The molecule has 8 heteroatoms. The molecule has 1 aliphatic rings. The number of aliphatic hydroxyl groups excluding tert-OH is 4. The normalized spacial score (nSPS) is 32.7. The van der Waals surface area contributed by atoms with Gasteiger partial charge in [-0.1, -0.05) is 12.1 Å². The van der Waals surface area contributed by atoms with E-state index in [2.05, 4.69) is 0 Å². The van der Waals surface area contributed by atoms with Crippen LogP contribution < -0.4 is 0 Å². The number of esters is 1. The molecule has 1 saturated heterocycles. The van der Waals surface area contributed by atoms with Crippen molar-refractivity contribution in [2.75, 3.05) is 6.61 Å². The summed E-state index contributed by atoms with van der Waals surface area (Å²) in [5, 5.41) is 47.3. The van der Waals surface area contributed by atoms with E-state index in [1.165, 1.54) is 24.3 Å². The largest absolute Gasteiger partial charge is 0.507 e. The van der Waals surface area contributed by atoms with Crippen LogP contribution in [-0.2, 0) is 9.47 Å². The maximum Gasteiger partial charge on any atom is 0.342 e. The number of hydrogen-bond acceptors (Lipinski definition) is 8. The van der Waals surface area contributed by atoms with Gasteiger partial charge in [0, 0.05) is 0 Å². The third-order valence-electron chi connectivity index (χ3n) is 3.19. The molecule has 0 saturated carbocycles. The molecular weight excluding hydrogens is 284 g/mol. The number of aromatic hydroxyl groups is 1. The van der Waals surface area contributed by atoms with Crippen molar-refractivity contribution < 1.29 is 39.8 Å². The average Bonchev–Trinajstić information content (AvgIpc) is 2.47. The Morgan fingerprint density at radius 2 is 1.76 bits per heavy atom. The van der Waals surface area contributed by atoms with E-state index >= 15 is 0 Å². The van der Waals surface area contributed by atoms with Crippen molar-refractivity contribution in [3.05, 3.63) is 29.8 Å². The molecule has 5 atom stereocenters. The van der Waals surface area contributed by atoms with E-state index in [-0.39, 0.29) is 11.3 Å². The zero-order valence-corrected chi connectivity index (χ0v) is 10.9. The highest BCUT2D eigenvalue weighted by atomic mass is 16.6. The number of hydrogen-bond donors (Lipinski definition) is 5. The molecule has 116 valence electrons. The Bertz CT molecular complexity index is 505. The van der Waals surface area contributed by atoms with Gasteiger partial charge in [0.1, 0.15) is 42.3 Å². The maximum absolute atomic E-state index is 11.7. The molecule has 1 aliphatic heterocycles. The third-order valence-corrected chi connectivity index (χ3v) is 3.19. The van der Waals surface area contributed by atoms with Crippen LogP contribution in [0, 0.1) is 0 Å². The molecule has 0 spiro atoms. The van der Waals surface area contributed by atoms with Crippen LogP contribution in [0.15, 0.2) is 24.3 Å². The van der Waals surface area contributed by atoms with Crippen molar-refractivity contribution in [1.82, 2.24) is 0 Å². The van der Waals surface area contributed by atoms with E-state index in [0.29, 0.717) is 0 Å². The van der Waals surface area contributed by atoms with Gasteiger partial charge in [0.2, 0.25) is 0 Å². The van der Waals surface area contributed by atoms with Gasteiger partial charge in [-0.25, -0.2) is 4.79 Å². The Labute approximate surface area is 119 Å². The van der Waals surface area contributed by atoms with Crippen LogP contribution in [0.5, 0.6) is 5.75 Å². The molecule has 0 amide bonds. The standard InChI is InChI=1S/C13H16O8/c14-7-4-2-1-3-6(7)12(18)20-5-8-9(15)10(16)11(17)13(19)21-8/h1-4,8-11,13-17,19H,5H2/t8-,9-,10+,11-,13?/m1/s1. The van der Waals surface area contributed by atoms with Gasteiger partial charge in [-0.3, -0.25) is 0 Å². The van der Waals surface area contributed by atoms with Crippen LogP contribution in [-0.4, -0.2) is 68.8 Å². The first-order chi connectivity index (χ1) is 9.91. The molecular formula is C13H16O8. The summed E-state index contributed by atoms with van der Waals surface area (Å²) in [6.07, 6.45) is -7.70. The topological polar surface area (TPSA) is 137 Å². The quantitative estimate of drug-likeness (QED) is 0.419. The van der Waals surface area contributed by atoms with Crippen molar-refractivity contribution in [3.63, 3.8) is 0 Å². The van der Waals surface area contributed by atoms with Gasteiger partial charge in [0.15, 0.2) is 6.29 Å². The number of carbonyl (C=O) groups is 1. The van der Waals surface area contributed by atoms with E-state index in [4.69, 9.17) is 9.47 Å². The minimum Gasteiger partial charge on any atom is -0.507 e. The second kappa shape index (κ2) is 6.37. The highest BCUT2D eigenvalue weighted by Gasteiger charge is 2.43. The smallest absolute Gasteiger partial charge is 0.342 e. The van der Waals surface area contributed by atoms with Crippen LogP contribution in [0.3, 0.4) is 0 Å². The van der Waals surface area contributed by atoms with Crippen LogP contribution in [0.1, 0.15) is 10.4 Å². The van der Waals surface area contributed by atoms with E-state index in [0.717, 1.165) is 0 Å². The van der Waals surface area contributed by atoms with Crippen LogP contribution >= 0.6 is 0 Å². The number of phenols is 1. The summed E-state index contributed by atoms with van der Waals surface area (Å²) in [7, 11) is 0. The molecule has 0 radical (unpaired) electrons. The van der Waals surface area contributed by atoms with Crippen molar-refractivity contribution in [2.24, 2.45) is 0 Å². The lowest BCUT2D eigenvalue weighted by molar-refractivity contribution is -0.286. The van der Waals surface area contributed by atoms with E-state index in [1.807, 2.05) is 0 Å². The SMILES string of the molecule is O=C(OC[C@H]1OC(O)[C@H](O)[C@@H](O)[C@@H]1O)c1ccccc1O. The lowest BCUT2D eigenvalue weighted by Gasteiger charge is -2.37. The van der Waals surface area contributed by atoms with Crippen molar-refractivity contribution in [3.8, 4) is 5.75 Å². The molecule has 0 bridgehead atoms. The fraction of sp³-hybridized carbons (Fsp3) is 0.462. The van der Waals surface area contributed by atoms with E-state index < -0.39 is 43.3 Å². The monoisotopic (exact) mass is 300 g/mol. The Morgan fingerprint density at radius 1 is 1.10 bits per heavy atom. The van der Waals surface area contributed by atoms with Gasteiger partial charge in [-0.2, -0.15) is 0 Å². The first-order valence-corrected chi connectivity index (χ1v) is 6.24. The van der Waals surface area contributed by atoms with Gasteiger partial charge < -0.3 is 35.0 Å². The van der Waals surface area contributed by atoms with Crippen LogP contribution in [0.4, 0.5) is 0 Å². The second-order valence-electron chi connectivity index (χ2n) is 4.65. The Hall–Kier alpha value is -1.71. The fourth-order valence-corrected chi connectivity index (χ4v) is 1.95. The zero-order valence-electron chi connectivity index (χ0n) is 10.9. The van der Waals surface area contributed by atoms with Gasteiger partial charge in [0.25, 0.3) is 0 Å². The van der Waals surface area contributed by atoms with Crippen molar-refractivity contribution >= 4 is 5.97 Å². The molecule has 1 aromatic rings. The first-order valence-electron chi connectivity index (χ1n) is 6.24. The molecule has 0 aromatic heterocycles. The molecule has 1 aromatic carbocycles. The number of rotatable bonds is 3. The van der Waals surface area contributed by atoms with Crippen LogP contribution in [0.2, 0.25) is 0 Å². The molecule has 0 aliphatic carbocycles. The lowest BCUT2D eigenvalue weighted by Crippen LogP contribution is -2.58. The third kappa shape index (κ3) is 3.31. The summed E-state index contributed by atoms with van der Waals surface area (Å²) in [4.78, 5) is 11.7. The number of carbonyl (C=O) groups excluding carboxylic acids is 1. The van der Waals surface area contributed by atoms with E-state index in [9.17, 15) is 30.3 Å². The minimum absolute atomic E-state index is 0.0658. The van der Waals surface area contributed by atoms with Crippen molar-refractivity contribution in [1.29, 1.82) is 0 Å². The lowest BCUT2D eigenvalue weighted by atomic mass is 9.99. The molecule has 8 nitrogen and oxygen atoms in total. The molecule has 1 fully saturated rings. The van der Waals surface area contributed by atoms with Gasteiger partial charge in [-0.05, 0) is 12.1 Å². The number of para-hydroxylation sites is 1. The summed E-state index contributed by atoms with van der Waals surface area (Å²) >= 11 is 0. The number of benzene rings is 1. The van der Waals surface area contributed by atoms with Gasteiger partial charge in [0.05, 0.1) is 0 Å². The highest BCUT2D eigenvalue weighted by molar-refractivity contribution is 5.92. The van der Waals surface area contributed by atoms with E-state index in [1.54, 1.807) is 0 Å². The maximum atomic E-state index is 11.7. The zero-order chi connectivity index (χ0) is 15.6.